The van der Waals surface area contributed by atoms with Crippen molar-refractivity contribution in [3.05, 3.63) is 47.5 Å². The highest BCUT2D eigenvalue weighted by Gasteiger charge is 2.21. The lowest BCUT2D eigenvalue weighted by atomic mass is 10.1. The first-order valence-electron chi connectivity index (χ1n) is 7.43. The van der Waals surface area contributed by atoms with Crippen LogP contribution in [0.5, 0.6) is 0 Å². The van der Waals surface area contributed by atoms with Crippen LogP contribution in [-0.2, 0) is 16.6 Å². The zero-order chi connectivity index (χ0) is 17.6. The number of carbonyl (C=O) groups is 1. The summed E-state index contributed by atoms with van der Waals surface area (Å²) in [7, 11) is -2.03. The number of amides is 2. The van der Waals surface area contributed by atoms with E-state index in [2.05, 4.69) is 15.0 Å². The van der Waals surface area contributed by atoms with Crippen molar-refractivity contribution >= 4 is 49.0 Å². The number of sulfonamides is 1. The lowest BCUT2D eigenvalue weighted by Gasteiger charge is -2.26. The van der Waals surface area contributed by atoms with Crippen LogP contribution in [0.25, 0.3) is 10.2 Å². The van der Waals surface area contributed by atoms with Crippen molar-refractivity contribution in [3.63, 3.8) is 0 Å². The Hall–Kier alpha value is -2.65. The molecule has 7 nitrogen and oxygen atoms in total. The Bertz CT molecular complexity index is 1090. The number of hydrogen-bond acceptors (Lipinski definition) is 5. The fraction of sp³-hybridized carbons (Fsp3) is 0.125. The molecule has 3 aromatic rings. The number of thiazole rings is 1. The van der Waals surface area contributed by atoms with Crippen LogP contribution in [0, 0.1) is 0 Å². The minimum atomic E-state index is -3.71. The van der Waals surface area contributed by atoms with Crippen LogP contribution in [-0.4, -0.2) is 31.4 Å². The summed E-state index contributed by atoms with van der Waals surface area (Å²) in [5.74, 6) is 0. The van der Waals surface area contributed by atoms with E-state index in [1.54, 1.807) is 42.9 Å². The molecule has 0 aliphatic carbocycles. The maximum atomic E-state index is 12.6. The Kier molecular flexibility index (Phi) is 3.62. The van der Waals surface area contributed by atoms with Crippen molar-refractivity contribution in [2.75, 3.05) is 17.1 Å². The molecular weight excluding hydrogens is 360 g/mol. The third-order valence-electron chi connectivity index (χ3n) is 3.97. The zero-order valence-electron chi connectivity index (χ0n) is 13.2. The third-order valence-corrected chi connectivity index (χ3v) is 6.14. The molecule has 0 saturated carbocycles. The standard InChI is InChI=1S/C16H14N4O3S2/c1-20-8-10-6-11(2-4-13(10)18-16(20)21)19-25(22,23)12-3-5-14-15(7-12)24-9-17-14/h2-7,9,19H,8H2,1H3,(H,18,21). The second-order valence-corrected chi connectivity index (χ2v) is 8.31. The zero-order valence-corrected chi connectivity index (χ0v) is 14.8. The highest BCUT2D eigenvalue weighted by molar-refractivity contribution is 7.92. The second kappa shape index (κ2) is 5.71. The van der Waals surface area contributed by atoms with E-state index >= 15 is 0 Å². The Morgan fingerprint density at radius 1 is 1.24 bits per heavy atom. The van der Waals surface area contributed by atoms with Gasteiger partial charge in [0.1, 0.15) is 0 Å². The fourth-order valence-electron chi connectivity index (χ4n) is 2.66. The van der Waals surface area contributed by atoms with Crippen LogP contribution in [0.15, 0.2) is 46.8 Å². The van der Waals surface area contributed by atoms with Gasteiger partial charge in [-0.15, -0.1) is 11.3 Å². The molecule has 1 aliphatic heterocycles. The van der Waals surface area contributed by atoms with E-state index in [1.165, 1.54) is 22.3 Å². The van der Waals surface area contributed by atoms with Crippen molar-refractivity contribution in [3.8, 4) is 0 Å². The largest absolute Gasteiger partial charge is 0.323 e. The SMILES string of the molecule is CN1Cc2cc(NS(=O)(=O)c3ccc4ncsc4c3)ccc2NC1=O. The van der Waals surface area contributed by atoms with Crippen LogP contribution < -0.4 is 10.0 Å². The molecule has 2 aromatic carbocycles. The molecule has 0 atom stereocenters. The molecule has 0 fully saturated rings. The predicted molar refractivity (Wildman–Crippen MR) is 97.4 cm³/mol. The number of carbonyl (C=O) groups excluding carboxylic acids is 1. The highest BCUT2D eigenvalue weighted by Crippen LogP contribution is 2.28. The number of benzene rings is 2. The number of rotatable bonds is 3. The lowest BCUT2D eigenvalue weighted by Crippen LogP contribution is -2.35. The molecule has 25 heavy (non-hydrogen) atoms. The van der Waals surface area contributed by atoms with Crippen molar-refractivity contribution < 1.29 is 13.2 Å². The van der Waals surface area contributed by atoms with Gasteiger partial charge in [-0.25, -0.2) is 18.2 Å². The molecule has 0 saturated heterocycles. The summed E-state index contributed by atoms with van der Waals surface area (Å²) in [6, 6.07) is 9.72. The Morgan fingerprint density at radius 3 is 2.92 bits per heavy atom. The van der Waals surface area contributed by atoms with Gasteiger partial charge in [-0.2, -0.15) is 0 Å². The number of nitrogens with zero attached hydrogens (tertiary/aromatic N) is 2. The lowest BCUT2D eigenvalue weighted by molar-refractivity contribution is 0.218. The molecule has 0 radical (unpaired) electrons. The maximum Gasteiger partial charge on any atom is 0.321 e. The smallest absolute Gasteiger partial charge is 0.321 e. The highest BCUT2D eigenvalue weighted by atomic mass is 32.2. The number of nitrogens with one attached hydrogen (secondary N) is 2. The van der Waals surface area contributed by atoms with Gasteiger partial charge in [-0.05, 0) is 42.0 Å². The summed E-state index contributed by atoms with van der Waals surface area (Å²) in [5.41, 5.74) is 4.45. The number of anilines is 2. The molecular formula is C16H14N4O3S2. The van der Waals surface area contributed by atoms with E-state index in [1.807, 2.05) is 0 Å². The Morgan fingerprint density at radius 2 is 2.08 bits per heavy atom. The van der Waals surface area contributed by atoms with Gasteiger partial charge in [-0.1, -0.05) is 0 Å². The van der Waals surface area contributed by atoms with Gasteiger partial charge < -0.3 is 10.2 Å². The molecule has 1 aromatic heterocycles. The van der Waals surface area contributed by atoms with Gasteiger partial charge in [-0.3, -0.25) is 4.72 Å². The molecule has 2 amide bonds. The summed E-state index contributed by atoms with van der Waals surface area (Å²) >= 11 is 1.39. The quantitative estimate of drug-likeness (QED) is 0.737. The number of fused-ring (bicyclic) bond motifs is 2. The van der Waals surface area contributed by atoms with Crippen molar-refractivity contribution in [2.45, 2.75) is 11.4 Å². The van der Waals surface area contributed by atoms with Gasteiger partial charge in [0.2, 0.25) is 0 Å². The average molecular weight is 374 g/mol. The minimum Gasteiger partial charge on any atom is -0.323 e. The Labute approximate surface area is 148 Å². The van der Waals surface area contributed by atoms with Crippen LogP contribution in [0.1, 0.15) is 5.56 Å². The third kappa shape index (κ3) is 2.92. The molecule has 2 N–H and O–H groups in total. The molecule has 4 rings (SSSR count). The van der Waals surface area contributed by atoms with Crippen LogP contribution >= 0.6 is 11.3 Å². The molecule has 9 heteroatoms. The van der Waals surface area contributed by atoms with E-state index in [-0.39, 0.29) is 10.9 Å². The summed E-state index contributed by atoms with van der Waals surface area (Å²) in [6.07, 6.45) is 0. The summed E-state index contributed by atoms with van der Waals surface area (Å²) in [5, 5.41) is 2.75. The van der Waals surface area contributed by atoms with E-state index in [0.717, 1.165) is 15.8 Å². The minimum absolute atomic E-state index is 0.182. The summed E-state index contributed by atoms with van der Waals surface area (Å²) < 4.78 is 28.7. The average Bonchev–Trinajstić information content (AvgIpc) is 3.03. The van der Waals surface area contributed by atoms with Crippen LogP contribution in [0.3, 0.4) is 0 Å². The summed E-state index contributed by atoms with van der Waals surface area (Å²) in [4.78, 5) is 17.5. The fourth-order valence-corrected chi connectivity index (χ4v) is 4.53. The second-order valence-electron chi connectivity index (χ2n) is 5.75. The summed E-state index contributed by atoms with van der Waals surface area (Å²) in [6.45, 7) is 0.420. The molecule has 0 unspecified atom stereocenters. The Balaban J connectivity index is 1.64. The van der Waals surface area contributed by atoms with Gasteiger partial charge in [0.25, 0.3) is 10.0 Å². The van der Waals surface area contributed by atoms with E-state index in [4.69, 9.17) is 0 Å². The molecule has 0 bridgehead atoms. The number of urea groups is 1. The van der Waals surface area contributed by atoms with Crippen molar-refractivity contribution in [1.82, 2.24) is 9.88 Å². The molecule has 1 aliphatic rings. The first-order valence-corrected chi connectivity index (χ1v) is 9.80. The number of hydrogen-bond donors (Lipinski definition) is 2. The van der Waals surface area contributed by atoms with E-state index in [0.29, 0.717) is 17.9 Å². The molecule has 2 heterocycles. The predicted octanol–water partition coefficient (Wildman–Crippen LogP) is 3.07. The van der Waals surface area contributed by atoms with Crippen LogP contribution in [0.2, 0.25) is 0 Å². The van der Waals surface area contributed by atoms with Crippen LogP contribution in [0.4, 0.5) is 16.2 Å². The van der Waals surface area contributed by atoms with E-state index in [9.17, 15) is 13.2 Å². The van der Waals surface area contributed by atoms with Gasteiger partial charge in [0.05, 0.1) is 20.6 Å². The normalized spacial score (nSPS) is 14.3. The van der Waals surface area contributed by atoms with Crippen molar-refractivity contribution in [2.24, 2.45) is 0 Å². The van der Waals surface area contributed by atoms with Gasteiger partial charge in [0.15, 0.2) is 0 Å². The number of aromatic nitrogens is 1. The monoisotopic (exact) mass is 374 g/mol. The first-order chi connectivity index (χ1) is 11.9. The van der Waals surface area contributed by atoms with Gasteiger partial charge in [0, 0.05) is 25.0 Å². The first kappa shape index (κ1) is 15.9. The maximum absolute atomic E-state index is 12.6. The van der Waals surface area contributed by atoms with E-state index < -0.39 is 10.0 Å². The molecule has 0 spiro atoms. The molecule has 128 valence electrons. The van der Waals surface area contributed by atoms with Gasteiger partial charge >= 0.3 is 6.03 Å². The topological polar surface area (TPSA) is 91.4 Å². The van der Waals surface area contributed by atoms with Crippen molar-refractivity contribution in [1.29, 1.82) is 0 Å².